The van der Waals surface area contributed by atoms with E-state index in [-0.39, 0.29) is 16.6 Å². The molecule has 0 radical (unpaired) electrons. The van der Waals surface area contributed by atoms with Crippen LogP contribution in [-0.2, 0) is 0 Å². The van der Waals surface area contributed by atoms with Crippen molar-refractivity contribution in [3.8, 4) is 12.1 Å². The van der Waals surface area contributed by atoms with Gasteiger partial charge >= 0.3 is 5.97 Å². The molecule has 0 saturated carbocycles. The lowest BCUT2D eigenvalue weighted by Gasteiger charge is -2.25. The first kappa shape index (κ1) is 40.4. The topological polar surface area (TPSA) is 212 Å². The molecule has 0 spiro atoms. The average molecular weight is 815 g/mol. The number of benzene rings is 4. The minimum Gasteiger partial charge on any atom is -0.477 e. The normalized spacial score (nSPS) is 19.4. The van der Waals surface area contributed by atoms with E-state index in [2.05, 4.69) is 37.2 Å². The van der Waals surface area contributed by atoms with Crippen molar-refractivity contribution in [2.45, 2.75) is 89.4 Å². The van der Waals surface area contributed by atoms with Crippen LogP contribution in [0.15, 0.2) is 94.8 Å². The number of rotatable bonds is 5. The number of nitrogens with zero attached hydrogens (tertiary/aromatic N) is 4. The Kier molecular flexibility index (Phi) is 11.1. The molecule has 4 bridgehead atoms. The number of aromatic nitrogens is 2. The summed E-state index contributed by atoms with van der Waals surface area (Å²) in [6, 6.07) is 29.1. The fourth-order valence-electron chi connectivity index (χ4n) is 9.76. The fourth-order valence-corrected chi connectivity index (χ4v) is 9.76. The molecule has 4 saturated heterocycles. The number of carbonyl (C=O) groups excluding carboxylic acids is 1. The number of carboxylic acid groups (broad SMARTS) is 1. The van der Waals surface area contributed by atoms with Gasteiger partial charge in [0.1, 0.15) is 23.3 Å². The summed E-state index contributed by atoms with van der Waals surface area (Å²) in [4.78, 5) is 59.0. The van der Waals surface area contributed by atoms with E-state index in [4.69, 9.17) is 16.1 Å². The van der Waals surface area contributed by atoms with Gasteiger partial charge in [0.15, 0.2) is 0 Å². The Morgan fingerprint density at radius 1 is 0.672 bits per heavy atom. The number of H-pyrrole nitrogens is 2. The molecule has 4 aromatic carbocycles. The Morgan fingerprint density at radius 3 is 1.59 bits per heavy atom. The number of amides is 1. The Morgan fingerprint density at radius 2 is 1.11 bits per heavy atom. The van der Waals surface area contributed by atoms with E-state index < -0.39 is 17.3 Å². The number of hydrogen-bond donors (Lipinski definition) is 5. The Balaban J connectivity index is 0.000000139. The number of nitrogens with two attached hydrogens (primary N) is 1. The molecule has 61 heavy (non-hydrogen) atoms. The van der Waals surface area contributed by atoms with E-state index in [1.165, 1.54) is 69.4 Å². The molecule has 4 aliphatic rings. The maximum absolute atomic E-state index is 12.9. The summed E-state index contributed by atoms with van der Waals surface area (Å²) in [5.74, 6) is -1.73. The molecule has 308 valence electrons. The number of carbonyl (C=O) groups is 2. The van der Waals surface area contributed by atoms with Gasteiger partial charge in [0.25, 0.3) is 5.91 Å². The van der Waals surface area contributed by atoms with Crippen molar-refractivity contribution in [3.05, 3.63) is 139 Å². The molecule has 13 nitrogen and oxygen atoms in total. The summed E-state index contributed by atoms with van der Waals surface area (Å²) in [6.07, 6.45) is 12.7. The first-order chi connectivity index (χ1) is 29.5. The van der Waals surface area contributed by atoms with Gasteiger partial charge in [-0.1, -0.05) is 24.3 Å². The van der Waals surface area contributed by atoms with Crippen LogP contribution in [0.5, 0.6) is 0 Å². The lowest BCUT2D eigenvalue weighted by molar-refractivity contribution is 0.0695. The highest BCUT2D eigenvalue weighted by Crippen LogP contribution is 2.42. The predicted molar refractivity (Wildman–Crippen MR) is 237 cm³/mol. The average Bonchev–Trinajstić information content (AvgIpc) is 4.07. The molecular weight excluding hydrogens is 769 g/mol. The van der Waals surface area contributed by atoms with Gasteiger partial charge in [0.2, 0.25) is 10.9 Å². The number of nitrogen functional groups attached to an aromatic ring is 1. The second-order valence-electron chi connectivity index (χ2n) is 16.3. The summed E-state index contributed by atoms with van der Waals surface area (Å²) in [5, 5.41) is 31.1. The second-order valence-corrected chi connectivity index (χ2v) is 16.3. The van der Waals surface area contributed by atoms with E-state index in [1.54, 1.807) is 25.1 Å². The van der Waals surface area contributed by atoms with Crippen LogP contribution in [0.25, 0.3) is 21.8 Å². The van der Waals surface area contributed by atoms with E-state index in [1.807, 2.05) is 61.5 Å². The van der Waals surface area contributed by atoms with Crippen LogP contribution in [0.4, 0.5) is 22.7 Å². The van der Waals surface area contributed by atoms with Crippen LogP contribution in [0.1, 0.15) is 94.3 Å². The van der Waals surface area contributed by atoms with Gasteiger partial charge in [-0.15, -0.1) is 0 Å². The number of aromatic carboxylic acids is 1. The molecule has 6 heterocycles. The molecule has 1 amide bonds. The smallest absolute Gasteiger partial charge is 0.341 e. The van der Waals surface area contributed by atoms with Crippen LogP contribution < -0.4 is 31.7 Å². The molecule has 6 N–H and O–H groups in total. The molecule has 4 fully saturated rings. The third kappa shape index (κ3) is 7.67. The Labute approximate surface area is 352 Å². The lowest BCUT2D eigenvalue weighted by atomic mass is 10.0. The van der Waals surface area contributed by atoms with Crippen LogP contribution in [-0.4, -0.2) is 51.1 Å². The molecule has 10 rings (SSSR count). The minimum absolute atomic E-state index is 0.0300. The summed E-state index contributed by atoms with van der Waals surface area (Å²) in [6.45, 7) is 3.63. The molecule has 13 heteroatoms. The molecular formula is C48H46N8O5. The first-order valence-electron chi connectivity index (χ1n) is 20.6. The second kappa shape index (κ2) is 16.7. The van der Waals surface area contributed by atoms with Crippen molar-refractivity contribution in [2.24, 2.45) is 0 Å². The van der Waals surface area contributed by atoms with Gasteiger partial charge in [-0.05, 0) is 125 Å². The van der Waals surface area contributed by atoms with Crippen molar-refractivity contribution in [1.29, 1.82) is 10.5 Å². The quantitative estimate of drug-likeness (QED) is 0.106. The highest BCUT2D eigenvalue weighted by Gasteiger charge is 2.40. The van der Waals surface area contributed by atoms with Crippen molar-refractivity contribution in [2.75, 3.05) is 20.9 Å². The number of fused-ring (bicyclic) bond motifs is 6. The number of aryl methyl sites for hydroxylation is 2. The minimum atomic E-state index is -1.21. The standard InChI is InChI=1S/C24H22N4O2.C13H15N3.C11H9NO3/c1-14-3-2-4-21-22(14)23(29)19(13-26-21)24(30)27-20-10-9-18(11-15(20)12-25)28-16-5-6-17(28)8-7-16;14-8-9-7-12(5-6-13(9)15)16-10-1-2-11(16)4-3-10;1-6-3-2-4-8-9(6)10(13)7(5-12-8)11(14)15/h2-4,9-11,13,16-17H,5-8H2,1H3,(H,26,29)(H,27,30);5-7,10-11H,1-4,15H2;2-5H,1H3,(H,12,13)(H,14,15). The van der Waals surface area contributed by atoms with E-state index in [9.17, 15) is 24.4 Å². The number of hydrogen-bond acceptors (Lipinski definition) is 9. The van der Waals surface area contributed by atoms with Crippen LogP contribution in [0, 0.1) is 36.5 Å². The zero-order valence-corrected chi connectivity index (χ0v) is 34.0. The number of anilines is 4. The number of nitrogens with one attached hydrogen (secondary N) is 3. The molecule has 0 atom stereocenters. The third-order valence-electron chi connectivity index (χ3n) is 12.7. The van der Waals surface area contributed by atoms with Gasteiger partial charge in [0, 0.05) is 75.4 Å². The van der Waals surface area contributed by atoms with Crippen LogP contribution in [0.2, 0.25) is 0 Å². The molecule has 0 unspecified atom stereocenters. The number of aromatic amines is 2. The molecule has 2 aromatic heterocycles. The molecule has 6 aromatic rings. The first-order valence-corrected chi connectivity index (χ1v) is 20.6. The van der Waals surface area contributed by atoms with Gasteiger partial charge in [-0.25, -0.2) is 4.79 Å². The van der Waals surface area contributed by atoms with Crippen molar-refractivity contribution in [1.82, 2.24) is 9.97 Å². The predicted octanol–water partition coefficient (Wildman–Crippen LogP) is 7.90. The zero-order valence-electron chi connectivity index (χ0n) is 34.0. The van der Waals surface area contributed by atoms with Gasteiger partial charge in [-0.3, -0.25) is 14.4 Å². The van der Waals surface area contributed by atoms with Gasteiger partial charge in [0.05, 0.1) is 16.8 Å². The molecule has 4 aliphatic heterocycles. The van der Waals surface area contributed by atoms with E-state index in [0.29, 0.717) is 68.5 Å². The summed E-state index contributed by atoms with van der Waals surface area (Å²) in [7, 11) is 0. The monoisotopic (exact) mass is 814 g/mol. The van der Waals surface area contributed by atoms with Crippen molar-refractivity contribution < 1.29 is 14.7 Å². The Hall–Kier alpha value is -7.38. The zero-order chi connectivity index (χ0) is 42.9. The van der Waals surface area contributed by atoms with E-state index >= 15 is 0 Å². The maximum atomic E-state index is 12.9. The van der Waals surface area contributed by atoms with Gasteiger partial charge in [-0.2, -0.15) is 10.5 Å². The SMILES string of the molecule is Cc1cccc2[nH]cc(C(=O)Nc3ccc(N4C5CCC4CC5)cc3C#N)c(=O)c12.Cc1cccc2[nH]cc(C(=O)O)c(=O)c12.N#Cc1cc(N2C3CCC2CC3)ccc1N. The largest absolute Gasteiger partial charge is 0.477 e. The summed E-state index contributed by atoms with van der Waals surface area (Å²) < 4.78 is 0. The number of carboxylic acids is 1. The van der Waals surface area contributed by atoms with Crippen LogP contribution in [0.3, 0.4) is 0 Å². The van der Waals surface area contributed by atoms with Crippen molar-refractivity contribution in [3.63, 3.8) is 0 Å². The number of pyridine rings is 2. The fraction of sp³-hybridized carbons (Fsp3) is 0.292. The lowest BCUT2D eigenvalue weighted by Crippen LogP contribution is -2.28. The maximum Gasteiger partial charge on any atom is 0.341 e. The third-order valence-corrected chi connectivity index (χ3v) is 12.7. The Bertz CT molecular complexity index is 2880. The summed E-state index contributed by atoms with van der Waals surface area (Å²) >= 11 is 0. The van der Waals surface area contributed by atoms with Crippen molar-refractivity contribution >= 4 is 56.4 Å². The highest BCUT2D eigenvalue weighted by molar-refractivity contribution is 6.06. The van der Waals surface area contributed by atoms with Crippen LogP contribution >= 0.6 is 0 Å². The number of nitriles is 2. The van der Waals surface area contributed by atoms with Gasteiger partial charge < -0.3 is 35.9 Å². The highest BCUT2D eigenvalue weighted by atomic mass is 16.4. The molecule has 0 aliphatic carbocycles. The summed E-state index contributed by atoms with van der Waals surface area (Å²) in [5.41, 5.74) is 11.9. The van der Waals surface area contributed by atoms with E-state index in [0.717, 1.165) is 16.8 Å².